The van der Waals surface area contributed by atoms with Crippen LogP contribution in [0, 0.1) is 10.1 Å². The van der Waals surface area contributed by atoms with E-state index in [2.05, 4.69) is 20.3 Å². The lowest BCUT2D eigenvalue weighted by molar-refractivity contribution is -0.383. The largest absolute Gasteiger partial charge is 0.354 e. The summed E-state index contributed by atoms with van der Waals surface area (Å²) in [5.74, 6) is 0.358. The summed E-state index contributed by atoms with van der Waals surface area (Å²) in [6.45, 7) is 2.44. The molecule has 0 bridgehead atoms. The van der Waals surface area contributed by atoms with E-state index in [9.17, 15) is 10.1 Å². The molecule has 3 aromatic rings. The summed E-state index contributed by atoms with van der Waals surface area (Å²) in [6.07, 6.45) is 2.92. The van der Waals surface area contributed by atoms with Crippen LogP contribution in [0.2, 0.25) is 0 Å². The third-order valence-electron chi connectivity index (χ3n) is 3.28. The summed E-state index contributed by atoms with van der Waals surface area (Å²) in [4.78, 5) is 25.2. The maximum atomic E-state index is 11.7. The third kappa shape index (κ3) is 3.15. The molecule has 0 saturated heterocycles. The lowest BCUT2D eigenvalue weighted by atomic mass is 10.2. The van der Waals surface area contributed by atoms with Crippen molar-refractivity contribution in [2.75, 3.05) is 16.8 Å². The number of aromatic nitrogens is 3. The molecule has 9 heteroatoms. The topological polar surface area (TPSA) is 97.1 Å². The number of nitro groups is 1. The van der Waals surface area contributed by atoms with Gasteiger partial charge in [-0.1, -0.05) is 18.2 Å². The molecule has 24 heavy (non-hydrogen) atoms. The fourth-order valence-corrected chi connectivity index (χ4v) is 2.80. The summed E-state index contributed by atoms with van der Waals surface area (Å²) in [7, 11) is 0. The smallest absolute Gasteiger partial charge is 0.321 e. The number of anilines is 4. The van der Waals surface area contributed by atoms with Gasteiger partial charge < -0.3 is 10.2 Å². The van der Waals surface area contributed by atoms with Gasteiger partial charge in [0.05, 0.1) is 4.92 Å². The van der Waals surface area contributed by atoms with Crippen LogP contribution >= 0.6 is 11.3 Å². The second-order valence-electron chi connectivity index (χ2n) is 4.69. The first-order valence-corrected chi connectivity index (χ1v) is 8.07. The van der Waals surface area contributed by atoms with Crippen LogP contribution < -0.4 is 10.2 Å². The van der Waals surface area contributed by atoms with Gasteiger partial charge in [0.1, 0.15) is 6.33 Å². The highest BCUT2D eigenvalue weighted by atomic mass is 32.1. The van der Waals surface area contributed by atoms with Crippen LogP contribution in [0.5, 0.6) is 0 Å². The Labute approximate surface area is 142 Å². The van der Waals surface area contributed by atoms with Gasteiger partial charge >= 0.3 is 5.69 Å². The van der Waals surface area contributed by atoms with Crippen molar-refractivity contribution in [2.24, 2.45) is 0 Å². The Balaban J connectivity index is 2.08. The molecule has 0 spiro atoms. The standard InChI is InChI=1S/C15H14N6O2S/c1-2-20(11-6-4-3-5-7-11)14-12(21(22)23)13(17-10-18-14)19-15-16-8-9-24-15/h3-10H,2H2,1H3,(H,16,17,18,19). The molecule has 0 aliphatic rings. The monoisotopic (exact) mass is 342 g/mol. The van der Waals surface area contributed by atoms with E-state index in [1.165, 1.54) is 17.7 Å². The molecule has 0 saturated carbocycles. The van der Waals surface area contributed by atoms with Gasteiger partial charge in [-0.25, -0.2) is 15.0 Å². The molecule has 0 aliphatic heterocycles. The quantitative estimate of drug-likeness (QED) is 0.538. The summed E-state index contributed by atoms with van der Waals surface area (Å²) in [5, 5.41) is 16.9. The van der Waals surface area contributed by atoms with E-state index in [1.807, 2.05) is 37.3 Å². The molecule has 1 aromatic carbocycles. The SMILES string of the molecule is CCN(c1ccccc1)c1ncnc(Nc2nccs2)c1[N+](=O)[O-]. The third-order valence-corrected chi connectivity index (χ3v) is 3.97. The number of benzene rings is 1. The predicted molar refractivity (Wildman–Crippen MR) is 93.2 cm³/mol. The van der Waals surface area contributed by atoms with Crippen LogP contribution in [-0.4, -0.2) is 26.4 Å². The summed E-state index contributed by atoms with van der Waals surface area (Å²) < 4.78 is 0. The molecule has 0 unspecified atom stereocenters. The molecule has 0 atom stereocenters. The van der Waals surface area contributed by atoms with Crippen LogP contribution in [0.15, 0.2) is 48.2 Å². The van der Waals surface area contributed by atoms with E-state index in [1.54, 1.807) is 16.5 Å². The Morgan fingerprint density at radius 2 is 2.04 bits per heavy atom. The highest BCUT2D eigenvalue weighted by Gasteiger charge is 2.27. The van der Waals surface area contributed by atoms with Gasteiger partial charge in [0.25, 0.3) is 0 Å². The molecule has 122 valence electrons. The van der Waals surface area contributed by atoms with Gasteiger partial charge in [-0.05, 0) is 19.1 Å². The Hall–Kier alpha value is -3.07. The zero-order chi connectivity index (χ0) is 16.9. The van der Waals surface area contributed by atoms with Crippen molar-refractivity contribution in [2.45, 2.75) is 6.92 Å². The van der Waals surface area contributed by atoms with Crippen molar-refractivity contribution in [1.82, 2.24) is 15.0 Å². The van der Waals surface area contributed by atoms with E-state index in [4.69, 9.17) is 0 Å². The van der Waals surface area contributed by atoms with Crippen LogP contribution in [0.25, 0.3) is 0 Å². The van der Waals surface area contributed by atoms with Crippen LogP contribution in [0.4, 0.5) is 28.1 Å². The lowest BCUT2D eigenvalue weighted by Gasteiger charge is -2.22. The molecule has 0 amide bonds. The number of nitrogens with one attached hydrogen (secondary N) is 1. The van der Waals surface area contributed by atoms with Crippen LogP contribution in [0.1, 0.15) is 6.92 Å². The molecule has 0 radical (unpaired) electrons. The Kier molecular flexibility index (Phi) is 4.62. The number of para-hydroxylation sites is 1. The minimum atomic E-state index is -0.475. The van der Waals surface area contributed by atoms with E-state index in [0.29, 0.717) is 11.7 Å². The van der Waals surface area contributed by atoms with Gasteiger partial charge in [0, 0.05) is 23.8 Å². The van der Waals surface area contributed by atoms with Gasteiger partial charge in [0.15, 0.2) is 5.13 Å². The minimum absolute atomic E-state index is 0.120. The Bertz CT molecular complexity index is 825. The zero-order valence-corrected chi connectivity index (χ0v) is 13.6. The fourth-order valence-electron chi connectivity index (χ4n) is 2.28. The molecule has 0 fully saturated rings. The fraction of sp³-hybridized carbons (Fsp3) is 0.133. The molecule has 0 aliphatic carbocycles. The average molecular weight is 342 g/mol. The number of thiazole rings is 1. The first-order valence-electron chi connectivity index (χ1n) is 7.19. The van der Waals surface area contributed by atoms with E-state index < -0.39 is 4.92 Å². The second kappa shape index (κ2) is 7.01. The summed E-state index contributed by atoms with van der Waals surface area (Å²) in [6, 6.07) is 9.40. The Morgan fingerprint density at radius 3 is 2.67 bits per heavy atom. The van der Waals surface area contributed by atoms with Crippen LogP contribution in [0.3, 0.4) is 0 Å². The molecule has 8 nitrogen and oxygen atoms in total. The number of hydrogen-bond acceptors (Lipinski definition) is 8. The molecule has 3 rings (SSSR count). The van der Waals surface area contributed by atoms with Crippen molar-refractivity contribution in [3.63, 3.8) is 0 Å². The maximum absolute atomic E-state index is 11.7. The number of hydrogen-bond donors (Lipinski definition) is 1. The van der Waals surface area contributed by atoms with Crippen LogP contribution in [-0.2, 0) is 0 Å². The Morgan fingerprint density at radius 1 is 1.25 bits per heavy atom. The van der Waals surface area contributed by atoms with Crippen molar-refractivity contribution < 1.29 is 4.92 Å². The van der Waals surface area contributed by atoms with Gasteiger partial charge in [-0.15, -0.1) is 11.3 Å². The first kappa shape index (κ1) is 15.8. The van der Waals surface area contributed by atoms with Gasteiger partial charge in [-0.2, -0.15) is 0 Å². The molecule has 2 heterocycles. The van der Waals surface area contributed by atoms with Crippen molar-refractivity contribution >= 4 is 39.5 Å². The normalized spacial score (nSPS) is 10.4. The van der Waals surface area contributed by atoms with Crippen molar-refractivity contribution in [3.05, 3.63) is 58.4 Å². The molecular formula is C15H14N6O2S. The summed E-state index contributed by atoms with van der Waals surface area (Å²) >= 11 is 1.34. The predicted octanol–water partition coefficient (Wildman–Crippen LogP) is 3.74. The summed E-state index contributed by atoms with van der Waals surface area (Å²) in [5.41, 5.74) is 0.639. The molecular weight excluding hydrogens is 328 g/mol. The molecule has 2 aromatic heterocycles. The van der Waals surface area contributed by atoms with E-state index >= 15 is 0 Å². The first-order chi connectivity index (χ1) is 11.7. The van der Waals surface area contributed by atoms with Gasteiger partial charge in [-0.3, -0.25) is 10.1 Å². The van der Waals surface area contributed by atoms with E-state index in [-0.39, 0.29) is 17.3 Å². The van der Waals surface area contributed by atoms with E-state index in [0.717, 1.165) is 5.69 Å². The highest BCUT2D eigenvalue weighted by molar-refractivity contribution is 7.13. The number of nitrogens with zero attached hydrogens (tertiary/aromatic N) is 5. The van der Waals surface area contributed by atoms with Crippen molar-refractivity contribution in [1.29, 1.82) is 0 Å². The number of rotatable bonds is 6. The maximum Gasteiger partial charge on any atom is 0.354 e. The highest BCUT2D eigenvalue weighted by Crippen LogP contribution is 2.36. The molecule has 1 N–H and O–H groups in total. The minimum Gasteiger partial charge on any atom is -0.321 e. The van der Waals surface area contributed by atoms with Gasteiger partial charge in [0.2, 0.25) is 11.6 Å². The zero-order valence-electron chi connectivity index (χ0n) is 12.8. The lowest BCUT2D eigenvalue weighted by Crippen LogP contribution is -2.19. The average Bonchev–Trinajstić information content (AvgIpc) is 3.09. The second-order valence-corrected chi connectivity index (χ2v) is 5.59. The van der Waals surface area contributed by atoms with Crippen molar-refractivity contribution in [3.8, 4) is 0 Å².